The van der Waals surface area contributed by atoms with Gasteiger partial charge in [-0.3, -0.25) is 4.79 Å². The van der Waals surface area contributed by atoms with Crippen LogP contribution in [0.2, 0.25) is 0 Å². The van der Waals surface area contributed by atoms with Crippen molar-refractivity contribution >= 4 is 44.0 Å². The largest absolute Gasteiger partial charge is 0.316 e. The van der Waals surface area contributed by atoms with Crippen LogP contribution in [-0.4, -0.2) is 42.5 Å². The molecular formula is C21H24N4O3S3. The van der Waals surface area contributed by atoms with Crippen LogP contribution in [0, 0.1) is 11.3 Å². The van der Waals surface area contributed by atoms with E-state index in [4.69, 9.17) is 0 Å². The first-order valence-electron chi connectivity index (χ1n) is 10.4. The summed E-state index contributed by atoms with van der Waals surface area (Å²) in [6.45, 7) is 1.10. The monoisotopic (exact) mass is 476 g/mol. The second kappa shape index (κ2) is 9.69. The molecule has 1 amide bonds. The van der Waals surface area contributed by atoms with Gasteiger partial charge in [-0.2, -0.15) is 9.57 Å². The zero-order valence-electron chi connectivity index (χ0n) is 17.1. The van der Waals surface area contributed by atoms with Gasteiger partial charge < -0.3 is 5.32 Å². The number of fused-ring (bicyclic) bond motifs is 1. The first kappa shape index (κ1) is 22.3. The van der Waals surface area contributed by atoms with E-state index in [0.29, 0.717) is 28.7 Å². The quantitative estimate of drug-likeness (QED) is 0.502. The van der Waals surface area contributed by atoms with Crippen LogP contribution >= 0.6 is 23.1 Å². The normalized spacial score (nSPS) is 17.0. The number of hydrogen-bond acceptors (Lipinski definition) is 7. The van der Waals surface area contributed by atoms with Crippen LogP contribution in [0.1, 0.15) is 48.1 Å². The number of carbonyl (C=O) groups excluding carboxylic acids is 1. The summed E-state index contributed by atoms with van der Waals surface area (Å²) in [6.07, 6.45) is 8.38. The molecule has 0 radical (unpaired) electrons. The van der Waals surface area contributed by atoms with Crippen LogP contribution in [0.15, 0.2) is 28.3 Å². The molecule has 2 aromatic heterocycles. The molecular weight excluding hydrogens is 452 g/mol. The zero-order valence-corrected chi connectivity index (χ0v) is 19.5. The first-order valence-corrected chi connectivity index (χ1v) is 13.7. The molecule has 0 saturated carbocycles. The maximum absolute atomic E-state index is 12.6. The lowest BCUT2D eigenvalue weighted by Gasteiger charge is -2.15. The van der Waals surface area contributed by atoms with Crippen LogP contribution in [0.5, 0.6) is 0 Å². The van der Waals surface area contributed by atoms with E-state index in [9.17, 15) is 18.5 Å². The predicted octanol–water partition coefficient (Wildman–Crippen LogP) is 3.80. The third-order valence-electron chi connectivity index (χ3n) is 5.55. The SMILES string of the molecule is N#Cc1c(NC(=O)CSc2ccc(S(=O)(=O)N3CCCC3)cn2)sc2c1CCCCC2. The molecule has 164 valence electrons. The summed E-state index contributed by atoms with van der Waals surface area (Å²) >= 11 is 2.76. The van der Waals surface area contributed by atoms with Crippen LogP contribution < -0.4 is 5.32 Å². The Morgan fingerprint density at radius 3 is 2.68 bits per heavy atom. The average molecular weight is 477 g/mol. The van der Waals surface area contributed by atoms with Crippen LogP contribution in [0.25, 0.3) is 0 Å². The Morgan fingerprint density at radius 1 is 1.19 bits per heavy atom. The van der Waals surface area contributed by atoms with E-state index in [1.807, 2.05) is 0 Å². The molecule has 0 bridgehead atoms. The lowest BCUT2D eigenvalue weighted by molar-refractivity contribution is -0.113. The molecule has 31 heavy (non-hydrogen) atoms. The predicted molar refractivity (Wildman–Crippen MR) is 122 cm³/mol. The molecule has 0 aromatic carbocycles. The van der Waals surface area contributed by atoms with Gasteiger partial charge in [-0.05, 0) is 56.2 Å². The number of rotatable bonds is 6. The van der Waals surface area contributed by atoms with Crippen molar-refractivity contribution in [2.75, 3.05) is 24.2 Å². The Bertz CT molecular complexity index is 1100. The summed E-state index contributed by atoms with van der Waals surface area (Å²) in [6, 6.07) is 5.45. The van der Waals surface area contributed by atoms with Crippen molar-refractivity contribution in [3.05, 3.63) is 34.3 Å². The van der Waals surface area contributed by atoms with E-state index >= 15 is 0 Å². The van der Waals surface area contributed by atoms with Crippen molar-refractivity contribution in [2.24, 2.45) is 0 Å². The summed E-state index contributed by atoms with van der Waals surface area (Å²) in [7, 11) is -3.49. The van der Waals surface area contributed by atoms with Gasteiger partial charge in [0.25, 0.3) is 0 Å². The Balaban J connectivity index is 1.37. The highest BCUT2D eigenvalue weighted by molar-refractivity contribution is 7.99. The maximum atomic E-state index is 12.6. The number of amides is 1. The highest BCUT2D eigenvalue weighted by Gasteiger charge is 2.27. The number of nitriles is 1. The molecule has 1 saturated heterocycles. The lowest BCUT2D eigenvalue weighted by Crippen LogP contribution is -2.27. The van der Waals surface area contributed by atoms with E-state index in [1.165, 1.54) is 44.9 Å². The molecule has 0 atom stereocenters. The fourth-order valence-corrected chi connectivity index (χ4v) is 7.29. The third kappa shape index (κ3) is 4.95. The van der Waals surface area contributed by atoms with Crippen molar-refractivity contribution in [3.8, 4) is 6.07 Å². The van der Waals surface area contributed by atoms with Gasteiger partial charge in [0.2, 0.25) is 15.9 Å². The van der Waals surface area contributed by atoms with Gasteiger partial charge in [0.1, 0.15) is 16.0 Å². The molecule has 1 aliphatic carbocycles. The van der Waals surface area contributed by atoms with Gasteiger partial charge in [0.05, 0.1) is 16.3 Å². The van der Waals surface area contributed by atoms with Gasteiger partial charge in [-0.25, -0.2) is 13.4 Å². The minimum atomic E-state index is -3.49. The average Bonchev–Trinajstić information content (AvgIpc) is 3.36. The number of anilines is 1. The summed E-state index contributed by atoms with van der Waals surface area (Å²) < 4.78 is 26.6. The zero-order chi connectivity index (χ0) is 21.8. The smallest absolute Gasteiger partial charge is 0.244 e. The van der Waals surface area contributed by atoms with Gasteiger partial charge >= 0.3 is 0 Å². The lowest BCUT2D eigenvalue weighted by atomic mass is 10.1. The highest BCUT2D eigenvalue weighted by Crippen LogP contribution is 2.37. The van der Waals surface area contributed by atoms with Gasteiger partial charge in [-0.1, -0.05) is 18.2 Å². The topological polar surface area (TPSA) is 103 Å². The minimum Gasteiger partial charge on any atom is -0.316 e. The number of pyridine rings is 1. The summed E-state index contributed by atoms with van der Waals surface area (Å²) in [4.78, 5) is 18.1. The van der Waals surface area contributed by atoms with E-state index in [-0.39, 0.29) is 16.6 Å². The van der Waals surface area contributed by atoms with E-state index < -0.39 is 10.0 Å². The van der Waals surface area contributed by atoms with Crippen molar-refractivity contribution < 1.29 is 13.2 Å². The van der Waals surface area contributed by atoms with Crippen molar-refractivity contribution in [2.45, 2.75) is 54.9 Å². The Labute approximate surface area is 190 Å². The van der Waals surface area contributed by atoms with Crippen LogP contribution in [0.3, 0.4) is 0 Å². The van der Waals surface area contributed by atoms with E-state index in [0.717, 1.165) is 44.1 Å². The third-order valence-corrected chi connectivity index (χ3v) is 9.58. The van der Waals surface area contributed by atoms with Gasteiger partial charge in [0.15, 0.2) is 0 Å². The number of hydrogen-bond donors (Lipinski definition) is 1. The molecule has 4 rings (SSSR count). The van der Waals surface area contributed by atoms with Crippen LogP contribution in [-0.2, 0) is 27.7 Å². The number of nitrogens with one attached hydrogen (secondary N) is 1. The molecule has 1 N–H and O–H groups in total. The fraction of sp³-hybridized carbons (Fsp3) is 0.476. The second-order valence-corrected chi connectivity index (χ2v) is 11.7. The minimum absolute atomic E-state index is 0.138. The number of nitrogens with zero attached hydrogens (tertiary/aromatic N) is 3. The van der Waals surface area contributed by atoms with Gasteiger partial charge in [0, 0.05) is 24.2 Å². The van der Waals surface area contributed by atoms with E-state index in [2.05, 4.69) is 16.4 Å². The number of aromatic nitrogens is 1. The van der Waals surface area contributed by atoms with Crippen LogP contribution in [0.4, 0.5) is 5.00 Å². The molecule has 3 heterocycles. The molecule has 0 spiro atoms. The number of carbonyl (C=O) groups is 1. The Kier molecular flexibility index (Phi) is 6.96. The number of sulfonamides is 1. The molecule has 1 fully saturated rings. The molecule has 1 aliphatic heterocycles. The number of thiophene rings is 1. The summed E-state index contributed by atoms with van der Waals surface area (Å²) in [5, 5.41) is 13.7. The molecule has 7 nitrogen and oxygen atoms in total. The van der Waals surface area contributed by atoms with Crippen molar-refractivity contribution in [1.29, 1.82) is 5.26 Å². The summed E-state index contributed by atoms with van der Waals surface area (Å²) in [5.41, 5.74) is 1.71. The number of thioether (sulfide) groups is 1. The standard InChI is InChI=1S/C21H24N4O3S3/c22-12-17-16-6-2-1-3-7-18(16)30-21(17)24-19(26)14-29-20-9-8-15(13-23-20)31(27,28)25-10-4-5-11-25/h8-9,13H,1-7,10-11,14H2,(H,24,26). The van der Waals surface area contributed by atoms with Crippen molar-refractivity contribution in [1.82, 2.24) is 9.29 Å². The second-order valence-electron chi connectivity index (χ2n) is 7.66. The van der Waals surface area contributed by atoms with Gasteiger partial charge in [-0.15, -0.1) is 11.3 Å². The number of aryl methyl sites for hydroxylation is 1. The highest BCUT2D eigenvalue weighted by atomic mass is 32.2. The molecule has 2 aliphatic rings. The fourth-order valence-electron chi connectivity index (χ4n) is 3.93. The molecule has 2 aromatic rings. The summed E-state index contributed by atoms with van der Waals surface area (Å²) in [5.74, 6) is -0.0629. The molecule has 10 heteroatoms. The Morgan fingerprint density at radius 2 is 1.97 bits per heavy atom. The first-order chi connectivity index (χ1) is 15.0. The van der Waals surface area contributed by atoms with Crippen molar-refractivity contribution in [3.63, 3.8) is 0 Å². The Hall–Kier alpha value is -1.93. The molecule has 0 unspecified atom stereocenters. The van der Waals surface area contributed by atoms with E-state index in [1.54, 1.807) is 12.1 Å². The maximum Gasteiger partial charge on any atom is 0.244 e.